The van der Waals surface area contributed by atoms with Gasteiger partial charge in [0.25, 0.3) is 0 Å². The average molecular weight is 626 g/mol. The summed E-state index contributed by atoms with van der Waals surface area (Å²) in [6.45, 7) is 10.3. The van der Waals surface area contributed by atoms with Crippen LogP contribution in [0.3, 0.4) is 0 Å². The molecule has 4 N–H and O–H groups in total. The lowest BCUT2D eigenvalue weighted by Gasteiger charge is -2.30. The first kappa shape index (κ1) is 35.5. The van der Waals surface area contributed by atoms with E-state index in [0.29, 0.717) is 6.42 Å². The molecule has 3 rings (SSSR count). The number of carbonyl (C=O) groups excluding carboxylic acids is 4. The van der Waals surface area contributed by atoms with Gasteiger partial charge < -0.3 is 35.2 Å². The number of amides is 3. The summed E-state index contributed by atoms with van der Waals surface area (Å²) in [6.07, 6.45) is -1.78. The number of nitrogens with zero attached hydrogens (tertiary/aromatic N) is 1. The van der Waals surface area contributed by atoms with E-state index in [1.165, 1.54) is 4.90 Å². The van der Waals surface area contributed by atoms with Gasteiger partial charge in [-0.3, -0.25) is 14.4 Å². The number of aliphatic hydroxyl groups excluding tert-OH is 1. The number of unbranched alkanes of at least 4 members (excludes halogenated alkanes) is 1. The highest BCUT2D eigenvalue weighted by molar-refractivity contribution is 5.93. The molecule has 11 heteroatoms. The molecule has 0 bridgehead atoms. The van der Waals surface area contributed by atoms with E-state index in [0.717, 1.165) is 28.7 Å². The third-order valence-corrected chi connectivity index (χ3v) is 7.45. The van der Waals surface area contributed by atoms with E-state index in [1.54, 1.807) is 34.6 Å². The first-order valence-corrected chi connectivity index (χ1v) is 15.5. The van der Waals surface area contributed by atoms with E-state index in [2.05, 4.69) is 10.6 Å². The number of benzene rings is 2. The second kappa shape index (κ2) is 15.9. The van der Waals surface area contributed by atoms with Gasteiger partial charge in [-0.1, -0.05) is 75.7 Å². The Morgan fingerprint density at radius 1 is 0.933 bits per heavy atom. The molecular weight excluding hydrogens is 578 g/mol. The Labute approximate surface area is 265 Å². The first-order valence-electron chi connectivity index (χ1n) is 15.5. The molecule has 2 aromatic carbocycles. The fraction of sp³-hybridized carbons (Fsp3) is 0.529. The van der Waals surface area contributed by atoms with Crippen molar-refractivity contribution >= 4 is 23.9 Å². The van der Waals surface area contributed by atoms with Crippen LogP contribution >= 0.6 is 0 Å². The fourth-order valence-electron chi connectivity index (χ4n) is 5.37. The SMILES string of the molecule is CCCCN(CC(O)O)C(=O)[C@H](CC(=O)OC(C)(C)C)NC(=O)[C@@H](NC(=O)OCC1c2ccccc2-c2ccccc21)C(C)C. The van der Waals surface area contributed by atoms with Crippen molar-refractivity contribution in [1.29, 1.82) is 0 Å². The van der Waals surface area contributed by atoms with E-state index in [-0.39, 0.29) is 19.1 Å². The highest BCUT2D eigenvalue weighted by atomic mass is 16.6. The number of alkyl carbamates (subject to hydrolysis) is 1. The second-order valence-corrected chi connectivity index (χ2v) is 12.7. The van der Waals surface area contributed by atoms with E-state index in [9.17, 15) is 29.4 Å². The zero-order chi connectivity index (χ0) is 33.3. The first-order chi connectivity index (χ1) is 21.2. The normalized spacial score (nSPS) is 13.9. The zero-order valence-electron chi connectivity index (χ0n) is 27.0. The maximum Gasteiger partial charge on any atom is 0.407 e. The minimum atomic E-state index is -1.80. The molecule has 0 aliphatic heterocycles. The third kappa shape index (κ3) is 10.0. The highest BCUT2D eigenvalue weighted by Gasteiger charge is 2.35. The topological polar surface area (TPSA) is 154 Å². The number of fused-ring (bicyclic) bond motifs is 3. The Morgan fingerprint density at radius 3 is 2.02 bits per heavy atom. The monoisotopic (exact) mass is 625 g/mol. The van der Waals surface area contributed by atoms with E-state index in [4.69, 9.17) is 9.47 Å². The van der Waals surface area contributed by atoms with Crippen LogP contribution in [-0.2, 0) is 23.9 Å². The summed E-state index contributed by atoms with van der Waals surface area (Å²) in [7, 11) is 0. The van der Waals surface area contributed by atoms with Crippen LogP contribution in [0, 0.1) is 5.92 Å². The lowest BCUT2D eigenvalue weighted by Crippen LogP contribution is -2.57. The van der Waals surface area contributed by atoms with Gasteiger partial charge >= 0.3 is 12.1 Å². The minimum absolute atomic E-state index is 0.0575. The van der Waals surface area contributed by atoms with Gasteiger partial charge in [-0.25, -0.2) is 4.79 Å². The average Bonchev–Trinajstić information content (AvgIpc) is 3.28. The summed E-state index contributed by atoms with van der Waals surface area (Å²) in [6, 6.07) is 13.4. The van der Waals surface area contributed by atoms with Crippen molar-refractivity contribution in [2.24, 2.45) is 5.92 Å². The fourth-order valence-corrected chi connectivity index (χ4v) is 5.37. The van der Waals surface area contributed by atoms with E-state index in [1.807, 2.05) is 55.5 Å². The highest BCUT2D eigenvalue weighted by Crippen LogP contribution is 2.44. The Morgan fingerprint density at radius 2 is 1.51 bits per heavy atom. The summed E-state index contributed by atoms with van der Waals surface area (Å²) < 4.78 is 11.0. The molecule has 0 saturated heterocycles. The largest absolute Gasteiger partial charge is 0.460 e. The van der Waals surface area contributed by atoms with Gasteiger partial charge in [0, 0.05) is 12.5 Å². The van der Waals surface area contributed by atoms with Crippen LogP contribution in [0.1, 0.15) is 77.8 Å². The predicted octanol–water partition coefficient (Wildman–Crippen LogP) is 3.71. The Kier molecular flexibility index (Phi) is 12.5. The molecule has 2 aromatic rings. The second-order valence-electron chi connectivity index (χ2n) is 12.7. The van der Waals surface area contributed by atoms with Crippen molar-refractivity contribution < 1.29 is 38.9 Å². The number of hydrogen-bond donors (Lipinski definition) is 4. The quantitative estimate of drug-likeness (QED) is 0.183. The molecule has 0 spiro atoms. The molecule has 11 nitrogen and oxygen atoms in total. The van der Waals surface area contributed by atoms with Gasteiger partial charge in [0.2, 0.25) is 11.8 Å². The molecule has 0 aromatic heterocycles. The standard InChI is InChI=1S/C34H47N3O8/c1-7-8-17-37(19-28(38)39)32(42)27(18-29(40)45-34(4,5)6)35-31(41)30(21(2)3)36-33(43)44-20-26-24-15-11-9-13-22(24)23-14-10-12-16-25(23)26/h9-16,21,26-28,30,38-39H,7-8,17-20H2,1-6H3,(H,35,41)(H,36,43)/t27-,30-/m0/s1. The maximum absolute atomic E-state index is 13.6. The van der Waals surface area contributed by atoms with Gasteiger partial charge in [0.15, 0.2) is 6.29 Å². The molecule has 0 radical (unpaired) electrons. The van der Waals surface area contributed by atoms with Crippen molar-refractivity contribution in [3.05, 3.63) is 59.7 Å². The number of nitrogens with one attached hydrogen (secondary N) is 2. The number of hydrogen-bond acceptors (Lipinski definition) is 8. The number of esters is 1. The molecule has 1 aliphatic carbocycles. The van der Waals surface area contributed by atoms with Crippen LogP contribution in [0.5, 0.6) is 0 Å². The summed E-state index contributed by atoms with van der Waals surface area (Å²) in [4.78, 5) is 54.1. The van der Waals surface area contributed by atoms with Crippen molar-refractivity contribution in [2.45, 2.75) is 90.7 Å². The Bertz CT molecular complexity index is 1290. The smallest absolute Gasteiger partial charge is 0.407 e. The van der Waals surface area contributed by atoms with Crippen LogP contribution in [0.2, 0.25) is 0 Å². The van der Waals surface area contributed by atoms with Crippen molar-refractivity contribution in [3.63, 3.8) is 0 Å². The summed E-state index contributed by atoms with van der Waals surface area (Å²) >= 11 is 0. The van der Waals surface area contributed by atoms with Gasteiger partial charge in [0.1, 0.15) is 24.3 Å². The molecule has 3 amide bonds. The number of rotatable bonds is 14. The van der Waals surface area contributed by atoms with Gasteiger partial charge in [-0.05, 0) is 55.4 Å². The van der Waals surface area contributed by atoms with Crippen LogP contribution < -0.4 is 10.6 Å². The third-order valence-electron chi connectivity index (χ3n) is 7.45. The summed E-state index contributed by atoms with van der Waals surface area (Å²) in [5, 5.41) is 24.4. The lowest BCUT2D eigenvalue weighted by molar-refractivity contribution is -0.158. The molecule has 1 aliphatic rings. The molecule has 45 heavy (non-hydrogen) atoms. The van der Waals surface area contributed by atoms with E-state index < -0.39 is 66.7 Å². The predicted molar refractivity (Wildman–Crippen MR) is 169 cm³/mol. The molecule has 2 atom stereocenters. The number of aliphatic hydroxyl groups is 2. The molecule has 0 heterocycles. The van der Waals surface area contributed by atoms with Crippen LogP contribution in [-0.4, -0.2) is 82.7 Å². The minimum Gasteiger partial charge on any atom is -0.460 e. The Balaban J connectivity index is 1.74. The number of ether oxygens (including phenoxy) is 2. The van der Waals surface area contributed by atoms with E-state index >= 15 is 0 Å². The molecular formula is C34H47N3O8. The summed E-state index contributed by atoms with van der Waals surface area (Å²) in [5.41, 5.74) is 3.44. The molecule has 246 valence electrons. The maximum atomic E-state index is 13.6. The van der Waals surface area contributed by atoms with Gasteiger partial charge in [-0.2, -0.15) is 0 Å². The van der Waals surface area contributed by atoms with Crippen LogP contribution in [0.25, 0.3) is 11.1 Å². The van der Waals surface area contributed by atoms with Crippen molar-refractivity contribution in [2.75, 3.05) is 19.7 Å². The zero-order valence-corrected chi connectivity index (χ0v) is 27.0. The Hall–Kier alpha value is -3.96. The number of carbonyl (C=O) groups is 4. The van der Waals surface area contributed by atoms with Crippen LogP contribution in [0.15, 0.2) is 48.5 Å². The van der Waals surface area contributed by atoms with Crippen molar-refractivity contribution in [3.8, 4) is 11.1 Å². The van der Waals surface area contributed by atoms with Crippen molar-refractivity contribution in [1.82, 2.24) is 15.5 Å². The summed E-state index contributed by atoms with van der Waals surface area (Å²) in [5.74, 6) is -2.65. The molecule has 0 fully saturated rings. The van der Waals surface area contributed by atoms with Crippen LogP contribution in [0.4, 0.5) is 4.79 Å². The van der Waals surface area contributed by atoms with Gasteiger partial charge in [0.05, 0.1) is 13.0 Å². The van der Waals surface area contributed by atoms with Gasteiger partial charge in [-0.15, -0.1) is 0 Å². The molecule has 0 unspecified atom stereocenters. The molecule has 0 saturated carbocycles. The lowest BCUT2D eigenvalue weighted by atomic mass is 9.98.